The Balaban J connectivity index is 2.05. The van der Waals surface area contributed by atoms with Gasteiger partial charge >= 0.3 is 0 Å². The van der Waals surface area contributed by atoms with Crippen molar-refractivity contribution in [3.63, 3.8) is 0 Å². The van der Waals surface area contributed by atoms with Crippen molar-refractivity contribution in [3.05, 3.63) is 65.2 Å². The Morgan fingerprint density at radius 3 is 2.00 bits per heavy atom. The Kier molecular flexibility index (Phi) is 4.79. The van der Waals surface area contributed by atoms with E-state index < -0.39 is 6.10 Å². The van der Waals surface area contributed by atoms with E-state index in [2.05, 4.69) is 13.8 Å². The topological polar surface area (TPSA) is 26.3 Å². The third kappa shape index (κ3) is 3.94. The van der Waals surface area contributed by atoms with Gasteiger partial charge in [0.15, 0.2) is 6.10 Å². The molecule has 0 spiro atoms. The van der Waals surface area contributed by atoms with Crippen molar-refractivity contribution in [2.24, 2.45) is 0 Å². The Hall–Kier alpha value is -2.09. The molecule has 0 heterocycles. The molecular formula is C19H22O2. The highest BCUT2D eigenvalue weighted by Gasteiger charge is 2.16. The summed E-state index contributed by atoms with van der Waals surface area (Å²) >= 11 is 0. The van der Waals surface area contributed by atoms with Gasteiger partial charge in [0.05, 0.1) is 0 Å². The van der Waals surface area contributed by atoms with Crippen molar-refractivity contribution in [3.8, 4) is 5.75 Å². The smallest absolute Gasteiger partial charge is 0.202 e. The van der Waals surface area contributed by atoms with E-state index >= 15 is 0 Å². The molecule has 0 aromatic heterocycles. The van der Waals surface area contributed by atoms with Gasteiger partial charge in [-0.05, 0) is 37.5 Å². The van der Waals surface area contributed by atoms with Crippen LogP contribution in [0, 0.1) is 6.92 Å². The van der Waals surface area contributed by atoms with E-state index in [1.54, 1.807) is 6.92 Å². The predicted molar refractivity (Wildman–Crippen MR) is 86.1 cm³/mol. The Labute approximate surface area is 126 Å². The van der Waals surface area contributed by atoms with Gasteiger partial charge in [-0.2, -0.15) is 0 Å². The fourth-order valence-electron chi connectivity index (χ4n) is 2.14. The average Bonchev–Trinajstić information content (AvgIpc) is 2.47. The van der Waals surface area contributed by atoms with Crippen LogP contribution in [0.1, 0.15) is 48.2 Å². The second-order valence-corrected chi connectivity index (χ2v) is 5.71. The van der Waals surface area contributed by atoms with Crippen LogP contribution in [0.4, 0.5) is 0 Å². The lowest BCUT2D eigenvalue weighted by Crippen LogP contribution is -2.23. The quantitative estimate of drug-likeness (QED) is 0.738. The van der Waals surface area contributed by atoms with Gasteiger partial charge in [0.2, 0.25) is 5.78 Å². The van der Waals surface area contributed by atoms with Gasteiger partial charge in [-0.1, -0.05) is 55.8 Å². The highest BCUT2D eigenvalue weighted by molar-refractivity contribution is 5.99. The minimum atomic E-state index is -0.488. The van der Waals surface area contributed by atoms with Crippen LogP contribution in [0.15, 0.2) is 48.5 Å². The summed E-state index contributed by atoms with van der Waals surface area (Å²) in [6.45, 7) is 8.10. The summed E-state index contributed by atoms with van der Waals surface area (Å²) in [5.74, 6) is 1.22. The average molecular weight is 282 g/mol. The number of aryl methyl sites for hydroxylation is 1. The number of carbonyl (C=O) groups excluding carboxylic acids is 1. The first-order valence-electron chi connectivity index (χ1n) is 7.35. The maximum Gasteiger partial charge on any atom is 0.202 e. The van der Waals surface area contributed by atoms with Crippen LogP contribution in [0.5, 0.6) is 5.75 Å². The lowest BCUT2D eigenvalue weighted by atomic mass is 10.0. The molecule has 21 heavy (non-hydrogen) atoms. The van der Waals surface area contributed by atoms with Gasteiger partial charge in [0, 0.05) is 5.56 Å². The molecule has 1 atom stereocenters. The maximum atomic E-state index is 12.3. The van der Waals surface area contributed by atoms with E-state index in [0.29, 0.717) is 11.5 Å². The molecule has 2 aromatic carbocycles. The van der Waals surface area contributed by atoms with E-state index in [9.17, 15) is 4.79 Å². The lowest BCUT2D eigenvalue weighted by molar-refractivity contribution is 0.0818. The number of carbonyl (C=O) groups is 1. The van der Waals surface area contributed by atoms with E-state index in [4.69, 9.17) is 4.74 Å². The van der Waals surface area contributed by atoms with Crippen molar-refractivity contribution < 1.29 is 9.53 Å². The van der Waals surface area contributed by atoms with Crippen LogP contribution < -0.4 is 4.74 Å². The number of Topliss-reactive ketones (excluding diaryl/α,β-unsaturated/α-hetero) is 1. The number of benzene rings is 2. The molecule has 2 aromatic rings. The van der Waals surface area contributed by atoms with Crippen molar-refractivity contribution in [2.45, 2.75) is 39.7 Å². The first-order valence-corrected chi connectivity index (χ1v) is 7.35. The van der Waals surface area contributed by atoms with Crippen LogP contribution >= 0.6 is 0 Å². The second-order valence-electron chi connectivity index (χ2n) is 5.71. The summed E-state index contributed by atoms with van der Waals surface area (Å²) in [6.07, 6.45) is -0.488. The minimum Gasteiger partial charge on any atom is -0.483 e. The zero-order chi connectivity index (χ0) is 15.4. The fraction of sp³-hybridized carbons (Fsp3) is 0.316. The number of hydrogen-bond acceptors (Lipinski definition) is 2. The molecule has 0 radical (unpaired) electrons. The number of rotatable bonds is 5. The largest absolute Gasteiger partial charge is 0.483 e. The standard InChI is InChI=1S/C19H22O2/c1-13(2)16-9-11-18(12-10-16)21-15(4)19(20)17-7-5-14(3)6-8-17/h5-13,15H,1-4H3. The van der Waals surface area contributed by atoms with Gasteiger partial charge in [0.25, 0.3) is 0 Å². The third-order valence-corrected chi connectivity index (χ3v) is 3.56. The van der Waals surface area contributed by atoms with Gasteiger partial charge in [-0.15, -0.1) is 0 Å². The van der Waals surface area contributed by atoms with E-state index in [0.717, 1.165) is 11.3 Å². The molecule has 2 nitrogen and oxygen atoms in total. The van der Waals surface area contributed by atoms with Crippen LogP contribution in [0.3, 0.4) is 0 Å². The van der Waals surface area contributed by atoms with Crippen molar-refractivity contribution in [2.75, 3.05) is 0 Å². The van der Waals surface area contributed by atoms with E-state index in [-0.39, 0.29) is 5.78 Å². The third-order valence-electron chi connectivity index (χ3n) is 3.56. The van der Waals surface area contributed by atoms with Crippen LogP contribution in [0.2, 0.25) is 0 Å². The zero-order valence-corrected chi connectivity index (χ0v) is 13.1. The molecule has 0 saturated carbocycles. The highest BCUT2D eigenvalue weighted by atomic mass is 16.5. The summed E-state index contributed by atoms with van der Waals surface area (Å²) in [7, 11) is 0. The normalized spacial score (nSPS) is 12.2. The molecule has 1 unspecified atom stereocenters. The SMILES string of the molecule is Cc1ccc(C(=O)C(C)Oc2ccc(C(C)C)cc2)cc1. The molecule has 0 aliphatic rings. The van der Waals surface area contributed by atoms with Gasteiger partial charge in [0.1, 0.15) is 5.75 Å². The second kappa shape index (κ2) is 6.57. The molecular weight excluding hydrogens is 260 g/mol. The zero-order valence-electron chi connectivity index (χ0n) is 13.1. The lowest BCUT2D eigenvalue weighted by Gasteiger charge is -2.14. The number of ketones is 1. The molecule has 0 bridgehead atoms. The van der Waals surface area contributed by atoms with Crippen LogP contribution in [-0.2, 0) is 0 Å². The molecule has 0 aliphatic carbocycles. The van der Waals surface area contributed by atoms with Crippen LogP contribution in [0.25, 0.3) is 0 Å². The minimum absolute atomic E-state index is 0.00272. The Bertz CT molecular complexity index is 594. The summed E-state index contributed by atoms with van der Waals surface area (Å²) < 4.78 is 5.75. The number of hydrogen-bond donors (Lipinski definition) is 0. The Morgan fingerprint density at radius 2 is 1.48 bits per heavy atom. The summed E-state index contributed by atoms with van der Waals surface area (Å²) in [5.41, 5.74) is 3.09. The van der Waals surface area contributed by atoms with Crippen molar-refractivity contribution in [1.29, 1.82) is 0 Å². The van der Waals surface area contributed by atoms with Crippen LogP contribution in [-0.4, -0.2) is 11.9 Å². The van der Waals surface area contributed by atoms with Gasteiger partial charge in [-0.3, -0.25) is 4.79 Å². The van der Waals surface area contributed by atoms with Gasteiger partial charge < -0.3 is 4.74 Å². The summed E-state index contributed by atoms with van der Waals surface area (Å²) in [5, 5.41) is 0. The molecule has 0 saturated heterocycles. The maximum absolute atomic E-state index is 12.3. The van der Waals surface area contributed by atoms with Crippen molar-refractivity contribution in [1.82, 2.24) is 0 Å². The summed E-state index contributed by atoms with van der Waals surface area (Å²) in [6, 6.07) is 15.5. The van der Waals surface area contributed by atoms with E-state index in [1.165, 1.54) is 5.56 Å². The molecule has 0 amide bonds. The molecule has 0 fully saturated rings. The molecule has 2 rings (SSSR count). The fourth-order valence-corrected chi connectivity index (χ4v) is 2.14. The monoisotopic (exact) mass is 282 g/mol. The Morgan fingerprint density at radius 1 is 0.905 bits per heavy atom. The first-order chi connectivity index (χ1) is 9.97. The van der Waals surface area contributed by atoms with Crippen molar-refractivity contribution >= 4 is 5.78 Å². The van der Waals surface area contributed by atoms with E-state index in [1.807, 2.05) is 55.5 Å². The summed E-state index contributed by atoms with van der Waals surface area (Å²) in [4.78, 5) is 12.3. The highest BCUT2D eigenvalue weighted by Crippen LogP contribution is 2.20. The number of ether oxygens (including phenoxy) is 1. The first kappa shape index (κ1) is 15.3. The molecule has 0 aliphatic heterocycles. The molecule has 2 heteroatoms. The van der Waals surface area contributed by atoms with Gasteiger partial charge in [-0.25, -0.2) is 0 Å². The predicted octanol–water partition coefficient (Wildman–Crippen LogP) is 4.77. The molecule has 110 valence electrons. The molecule has 0 N–H and O–H groups in total.